The van der Waals surface area contributed by atoms with Crippen molar-refractivity contribution in [3.05, 3.63) is 51.8 Å². The minimum atomic E-state index is -4.59. The van der Waals surface area contributed by atoms with Crippen molar-refractivity contribution < 1.29 is 22.4 Å². The summed E-state index contributed by atoms with van der Waals surface area (Å²) < 4.78 is 51.9. The molecule has 2 aromatic heterocycles. The van der Waals surface area contributed by atoms with Gasteiger partial charge < -0.3 is 11.1 Å². The first-order valence-corrected chi connectivity index (χ1v) is 8.24. The maximum Gasteiger partial charge on any atom is 0.433 e. The van der Waals surface area contributed by atoms with Crippen molar-refractivity contribution in [3.63, 3.8) is 0 Å². The van der Waals surface area contributed by atoms with E-state index in [0.717, 1.165) is 17.4 Å². The predicted octanol–water partition coefficient (Wildman–Crippen LogP) is 4.91. The zero-order chi connectivity index (χ0) is 19.2. The number of hydrogen-bond donors (Lipinski definition) is 2. The van der Waals surface area contributed by atoms with Crippen molar-refractivity contribution in [1.82, 2.24) is 4.98 Å². The normalized spacial score (nSPS) is 11.8. The van der Waals surface area contributed by atoms with Crippen LogP contribution in [0.15, 0.2) is 24.3 Å². The van der Waals surface area contributed by atoms with Gasteiger partial charge in [-0.1, -0.05) is 0 Å². The number of nitrogens with zero attached hydrogens (tertiary/aromatic N) is 1. The van der Waals surface area contributed by atoms with E-state index >= 15 is 0 Å². The summed E-state index contributed by atoms with van der Waals surface area (Å²) in [6.45, 7) is 3.10. The van der Waals surface area contributed by atoms with Gasteiger partial charge in [0.2, 0.25) is 0 Å². The van der Waals surface area contributed by atoms with Crippen LogP contribution in [0, 0.1) is 19.7 Å². The Labute approximate surface area is 149 Å². The fourth-order valence-corrected chi connectivity index (χ4v) is 3.64. The number of aryl methyl sites for hydroxylation is 2. The fraction of sp³-hybridized carbons (Fsp3) is 0.176. The molecule has 0 aliphatic heterocycles. The molecule has 1 amide bonds. The van der Waals surface area contributed by atoms with Crippen molar-refractivity contribution in [2.75, 3.05) is 11.1 Å². The molecule has 0 fully saturated rings. The monoisotopic (exact) mass is 383 g/mol. The number of carbonyl (C=O) groups is 1. The molecule has 136 valence electrons. The van der Waals surface area contributed by atoms with Gasteiger partial charge >= 0.3 is 6.18 Å². The molecule has 1 aromatic carbocycles. The summed E-state index contributed by atoms with van der Waals surface area (Å²) in [5.74, 6) is -1.03. The summed E-state index contributed by atoms with van der Waals surface area (Å²) in [6, 6.07) is 4.75. The molecule has 0 unspecified atom stereocenters. The Morgan fingerprint density at radius 1 is 1.19 bits per heavy atom. The summed E-state index contributed by atoms with van der Waals surface area (Å²) in [7, 11) is 0. The highest BCUT2D eigenvalue weighted by Crippen LogP contribution is 2.38. The number of carbonyl (C=O) groups excluding carboxylic acids is 1. The molecule has 0 saturated carbocycles. The molecule has 0 aliphatic carbocycles. The van der Waals surface area contributed by atoms with Gasteiger partial charge in [0.15, 0.2) is 0 Å². The number of halogens is 4. The lowest BCUT2D eigenvalue weighted by Gasteiger charge is -2.08. The number of nitrogen functional groups attached to an aromatic ring is 1. The summed E-state index contributed by atoms with van der Waals surface area (Å²) in [5.41, 5.74) is 6.19. The number of benzene rings is 1. The minimum absolute atomic E-state index is 0.0378. The van der Waals surface area contributed by atoms with E-state index in [0.29, 0.717) is 16.6 Å². The number of hydrogen-bond acceptors (Lipinski definition) is 4. The molecule has 0 spiro atoms. The molecule has 3 N–H and O–H groups in total. The van der Waals surface area contributed by atoms with E-state index < -0.39 is 23.6 Å². The van der Waals surface area contributed by atoms with Gasteiger partial charge in [-0.15, -0.1) is 11.3 Å². The molecule has 9 heteroatoms. The maximum atomic E-state index is 13.2. The van der Waals surface area contributed by atoms with Crippen molar-refractivity contribution in [3.8, 4) is 0 Å². The third kappa shape index (κ3) is 3.22. The molecule has 3 aromatic rings. The summed E-state index contributed by atoms with van der Waals surface area (Å²) >= 11 is 0.782. The van der Waals surface area contributed by atoms with Gasteiger partial charge in [0.25, 0.3) is 5.91 Å². The largest absolute Gasteiger partial charge is 0.433 e. The van der Waals surface area contributed by atoms with Gasteiger partial charge in [0, 0.05) is 11.1 Å². The second kappa shape index (κ2) is 6.24. The molecule has 0 aliphatic rings. The number of thiophene rings is 1. The number of rotatable bonds is 2. The summed E-state index contributed by atoms with van der Waals surface area (Å²) in [6.07, 6.45) is -4.59. The summed E-state index contributed by atoms with van der Waals surface area (Å²) in [5, 5.41) is 2.92. The van der Waals surface area contributed by atoms with Crippen LogP contribution < -0.4 is 11.1 Å². The molecular weight excluding hydrogens is 370 g/mol. The Balaban J connectivity index is 2.03. The average Bonchev–Trinajstić information content (AvgIpc) is 2.87. The number of pyridine rings is 1. The number of fused-ring (bicyclic) bond motifs is 1. The van der Waals surface area contributed by atoms with Gasteiger partial charge in [-0.3, -0.25) is 4.79 Å². The molecule has 0 atom stereocenters. The fourth-order valence-electron chi connectivity index (χ4n) is 2.57. The molecule has 0 radical (unpaired) electrons. The SMILES string of the molecule is Cc1cc(F)ccc1NC(=O)c1sc2nc(C(F)(F)F)cc(C)c2c1N. The first-order chi connectivity index (χ1) is 12.1. The van der Waals surface area contributed by atoms with E-state index in [1.165, 1.54) is 25.1 Å². The molecule has 2 heterocycles. The Morgan fingerprint density at radius 2 is 1.88 bits per heavy atom. The number of nitrogens with two attached hydrogens (primary N) is 1. The molecule has 0 saturated heterocycles. The summed E-state index contributed by atoms with van der Waals surface area (Å²) in [4.78, 5) is 16.2. The molecule has 4 nitrogen and oxygen atoms in total. The van der Waals surface area contributed by atoms with E-state index in [2.05, 4.69) is 10.3 Å². The van der Waals surface area contributed by atoms with Gasteiger partial charge in [0.1, 0.15) is 21.2 Å². The van der Waals surface area contributed by atoms with Gasteiger partial charge in [0.05, 0.1) is 5.69 Å². The number of alkyl halides is 3. The van der Waals surface area contributed by atoms with E-state index in [-0.39, 0.29) is 21.0 Å². The number of aromatic nitrogens is 1. The standard InChI is InChI=1S/C17H13F4N3OS/c1-7-5-9(18)3-4-10(7)23-15(25)14-13(22)12-8(2)6-11(17(19,20)21)24-16(12)26-14/h3-6H,22H2,1-2H3,(H,23,25). The van der Waals surface area contributed by atoms with Crippen LogP contribution in [0.2, 0.25) is 0 Å². The molecule has 0 bridgehead atoms. The van der Waals surface area contributed by atoms with Crippen molar-refractivity contribution in [2.45, 2.75) is 20.0 Å². The topological polar surface area (TPSA) is 68.0 Å². The van der Waals surface area contributed by atoms with E-state index in [9.17, 15) is 22.4 Å². The van der Waals surface area contributed by atoms with Gasteiger partial charge in [-0.05, 0) is 49.2 Å². The highest BCUT2D eigenvalue weighted by atomic mass is 32.1. The quantitative estimate of drug-likeness (QED) is 0.618. The minimum Gasteiger partial charge on any atom is -0.397 e. The molecule has 3 rings (SSSR count). The van der Waals surface area contributed by atoms with Crippen LogP contribution >= 0.6 is 11.3 Å². The van der Waals surface area contributed by atoms with Crippen molar-refractivity contribution in [2.24, 2.45) is 0 Å². The number of amides is 1. The van der Waals surface area contributed by atoms with Gasteiger partial charge in [-0.25, -0.2) is 9.37 Å². The van der Waals surface area contributed by atoms with Crippen LogP contribution in [0.4, 0.5) is 28.9 Å². The zero-order valence-electron chi connectivity index (χ0n) is 13.7. The van der Waals surface area contributed by atoms with Crippen LogP contribution in [-0.4, -0.2) is 10.9 Å². The van der Waals surface area contributed by atoms with Crippen molar-refractivity contribution >= 4 is 38.8 Å². The lowest BCUT2D eigenvalue weighted by Crippen LogP contribution is -2.13. The Bertz CT molecular complexity index is 1030. The van der Waals surface area contributed by atoms with Crippen molar-refractivity contribution in [1.29, 1.82) is 0 Å². The third-order valence-electron chi connectivity index (χ3n) is 3.83. The van der Waals surface area contributed by atoms with E-state index in [1.54, 1.807) is 6.92 Å². The average molecular weight is 383 g/mol. The maximum absolute atomic E-state index is 13.2. The smallest absolute Gasteiger partial charge is 0.397 e. The van der Waals surface area contributed by atoms with Gasteiger partial charge in [-0.2, -0.15) is 13.2 Å². The molecular formula is C17H13F4N3OS. The third-order valence-corrected chi connectivity index (χ3v) is 4.93. The highest BCUT2D eigenvalue weighted by molar-refractivity contribution is 7.21. The lowest BCUT2D eigenvalue weighted by atomic mass is 10.1. The van der Waals surface area contributed by atoms with Crippen LogP contribution in [0.1, 0.15) is 26.5 Å². The number of anilines is 2. The first-order valence-electron chi connectivity index (χ1n) is 7.42. The van der Waals surface area contributed by atoms with Crippen LogP contribution in [0.5, 0.6) is 0 Å². The molecule has 26 heavy (non-hydrogen) atoms. The first kappa shape index (κ1) is 18.1. The van der Waals surface area contributed by atoms with Crippen LogP contribution in [-0.2, 0) is 6.18 Å². The van der Waals surface area contributed by atoms with Crippen LogP contribution in [0.25, 0.3) is 10.2 Å². The Morgan fingerprint density at radius 3 is 2.50 bits per heavy atom. The predicted molar refractivity (Wildman–Crippen MR) is 92.9 cm³/mol. The van der Waals surface area contributed by atoms with E-state index in [4.69, 9.17) is 5.73 Å². The second-order valence-corrected chi connectivity index (χ2v) is 6.76. The zero-order valence-corrected chi connectivity index (χ0v) is 14.5. The van der Waals surface area contributed by atoms with E-state index in [1.807, 2.05) is 0 Å². The Hall–Kier alpha value is -2.68. The number of nitrogens with one attached hydrogen (secondary N) is 1. The lowest BCUT2D eigenvalue weighted by molar-refractivity contribution is -0.141. The highest BCUT2D eigenvalue weighted by Gasteiger charge is 2.34. The Kier molecular flexibility index (Phi) is 4.35. The van der Waals surface area contributed by atoms with Crippen LogP contribution in [0.3, 0.4) is 0 Å². The second-order valence-electron chi connectivity index (χ2n) is 5.76.